The van der Waals surface area contributed by atoms with Crippen LogP contribution in [0.15, 0.2) is 127 Å². The highest BCUT2D eigenvalue weighted by molar-refractivity contribution is 5.48. The lowest BCUT2D eigenvalue weighted by Crippen LogP contribution is -1.91. The Morgan fingerprint density at radius 3 is 1.29 bits per heavy atom. The van der Waals surface area contributed by atoms with Crippen molar-refractivity contribution >= 4 is 5.69 Å². The number of nitrogen functional groups attached to an aromatic ring is 1. The molecule has 0 saturated carbocycles. The third-order valence-corrected chi connectivity index (χ3v) is 4.99. The lowest BCUT2D eigenvalue weighted by molar-refractivity contribution is 0.415. The van der Waals surface area contributed by atoms with E-state index >= 15 is 0 Å². The molecule has 5 aromatic carbocycles. The van der Waals surface area contributed by atoms with Crippen LogP contribution in [0, 0.1) is 0 Å². The quantitative estimate of drug-likeness (QED) is 0.235. The van der Waals surface area contributed by atoms with Gasteiger partial charge in [-0.3, -0.25) is 0 Å². The van der Waals surface area contributed by atoms with E-state index in [1.165, 1.54) is 0 Å². The summed E-state index contributed by atoms with van der Waals surface area (Å²) in [5.41, 5.74) is 6.48. The Bertz CT molecular complexity index is 1420. The SMILES string of the molecule is Nc1cccc(Oc2cccc(Oc3cccc(Oc4ccccc4Oc4ccccc4)c3)c2)c1. The minimum Gasteiger partial charge on any atom is -0.457 e. The van der Waals surface area contributed by atoms with Crippen LogP contribution >= 0.6 is 0 Å². The number of nitrogens with two attached hydrogens (primary N) is 1. The second kappa shape index (κ2) is 10.4. The van der Waals surface area contributed by atoms with Crippen LogP contribution in [0.3, 0.4) is 0 Å². The van der Waals surface area contributed by atoms with Gasteiger partial charge in [0.05, 0.1) is 0 Å². The number of rotatable bonds is 8. The molecule has 35 heavy (non-hydrogen) atoms. The largest absolute Gasteiger partial charge is 0.457 e. The number of hydrogen-bond acceptors (Lipinski definition) is 5. The molecule has 5 aromatic rings. The van der Waals surface area contributed by atoms with Gasteiger partial charge >= 0.3 is 0 Å². The average molecular weight is 462 g/mol. The van der Waals surface area contributed by atoms with Gasteiger partial charge in [-0.15, -0.1) is 0 Å². The van der Waals surface area contributed by atoms with Crippen molar-refractivity contribution in [2.24, 2.45) is 0 Å². The fraction of sp³-hybridized carbons (Fsp3) is 0. The Hall–Kier alpha value is -4.90. The second-order valence-electron chi connectivity index (χ2n) is 7.69. The summed E-state index contributed by atoms with van der Waals surface area (Å²) in [4.78, 5) is 0. The van der Waals surface area contributed by atoms with E-state index in [0.717, 1.165) is 5.75 Å². The molecule has 0 fully saturated rings. The molecule has 5 nitrogen and oxygen atoms in total. The molecule has 0 spiro atoms. The third kappa shape index (κ3) is 5.92. The lowest BCUT2D eigenvalue weighted by atomic mass is 10.3. The van der Waals surface area contributed by atoms with E-state index < -0.39 is 0 Å². The highest BCUT2D eigenvalue weighted by Gasteiger charge is 2.09. The van der Waals surface area contributed by atoms with E-state index in [0.29, 0.717) is 45.9 Å². The molecule has 0 aliphatic rings. The van der Waals surface area contributed by atoms with Crippen molar-refractivity contribution < 1.29 is 18.9 Å². The number of anilines is 1. The molecular formula is C30H23NO4. The molecule has 5 rings (SSSR count). The molecule has 0 radical (unpaired) electrons. The molecular weight excluding hydrogens is 438 g/mol. The summed E-state index contributed by atoms with van der Waals surface area (Å²) in [5.74, 6) is 5.16. The molecule has 0 saturated heterocycles. The summed E-state index contributed by atoms with van der Waals surface area (Å²) >= 11 is 0. The van der Waals surface area contributed by atoms with Crippen LogP contribution in [0.1, 0.15) is 0 Å². The van der Waals surface area contributed by atoms with E-state index in [2.05, 4.69) is 0 Å². The number of para-hydroxylation sites is 3. The van der Waals surface area contributed by atoms with Gasteiger partial charge in [-0.05, 0) is 60.7 Å². The molecule has 0 aromatic heterocycles. The zero-order valence-electron chi connectivity index (χ0n) is 18.8. The summed E-state index contributed by atoms with van der Waals surface area (Å²) in [6, 6.07) is 39.3. The van der Waals surface area contributed by atoms with Crippen LogP contribution in [-0.4, -0.2) is 0 Å². The first-order chi connectivity index (χ1) is 17.2. The highest BCUT2D eigenvalue weighted by atomic mass is 16.5. The monoisotopic (exact) mass is 461 g/mol. The van der Waals surface area contributed by atoms with Crippen LogP contribution in [0.5, 0.6) is 46.0 Å². The van der Waals surface area contributed by atoms with Crippen molar-refractivity contribution in [3.63, 3.8) is 0 Å². The van der Waals surface area contributed by atoms with Crippen molar-refractivity contribution in [3.8, 4) is 46.0 Å². The maximum Gasteiger partial charge on any atom is 0.169 e. The molecule has 2 N–H and O–H groups in total. The van der Waals surface area contributed by atoms with Gasteiger partial charge in [-0.25, -0.2) is 0 Å². The minimum atomic E-state index is 0.603. The summed E-state index contributed by atoms with van der Waals surface area (Å²) in [5, 5.41) is 0. The third-order valence-electron chi connectivity index (χ3n) is 4.99. The fourth-order valence-electron chi connectivity index (χ4n) is 3.41. The Morgan fingerprint density at radius 2 is 0.743 bits per heavy atom. The standard InChI is InChI=1S/C30H23NO4/c31-22-9-6-12-24(19-22)32-25-13-7-14-26(20-25)33-27-15-8-16-28(21-27)35-30-18-5-4-17-29(30)34-23-10-2-1-3-11-23/h1-21H,31H2. The van der Waals surface area contributed by atoms with Gasteiger partial charge in [0.25, 0.3) is 0 Å². The zero-order valence-corrected chi connectivity index (χ0v) is 18.8. The smallest absolute Gasteiger partial charge is 0.169 e. The Balaban J connectivity index is 1.30. The molecule has 0 unspecified atom stereocenters. The zero-order chi connectivity index (χ0) is 23.9. The highest BCUT2D eigenvalue weighted by Crippen LogP contribution is 2.36. The second-order valence-corrected chi connectivity index (χ2v) is 7.69. The summed E-state index contributed by atoms with van der Waals surface area (Å²) in [6.07, 6.45) is 0. The van der Waals surface area contributed by atoms with E-state index in [-0.39, 0.29) is 0 Å². The van der Waals surface area contributed by atoms with Gasteiger partial charge in [-0.2, -0.15) is 0 Å². The van der Waals surface area contributed by atoms with Crippen LogP contribution in [0.4, 0.5) is 5.69 Å². The van der Waals surface area contributed by atoms with Gasteiger partial charge < -0.3 is 24.7 Å². The summed E-state index contributed by atoms with van der Waals surface area (Å²) < 4.78 is 24.1. The van der Waals surface area contributed by atoms with Gasteiger partial charge in [0.1, 0.15) is 34.5 Å². The molecule has 172 valence electrons. The first-order valence-electron chi connectivity index (χ1n) is 11.1. The molecule has 0 atom stereocenters. The van der Waals surface area contributed by atoms with Crippen LogP contribution in [0.25, 0.3) is 0 Å². The number of benzene rings is 5. The topological polar surface area (TPSA) is 62.9 Å². The van der Waals surface area contributed by atoms with Crippen LogP contribution < -0.4 is 24.7 Å². The fourth-order valence-corrected chi connectivity index (χ4v) is 3.41. The van der Waals surface area contributed by atoms with E-state index in [4.69, 9.17) is 24.7 Å². The van der Waals surface area contributed by atoms with Crippen molar-refractivity contribution in [3.05, 3.63) is 127 Å². The Morgan fingerprint density at radius 1 is 0.343 bits per heavy atom. The molecule has 0 bridgehead atoms. The molecule has 5 heteroatoms. The predicted octanol–water partition coefficient (Wildman–Crippen LogP) is 8.44. The van der Waals surface area contributed by atoms with E-state index in [1.807, 2.05) is 121 Å². The molecule has 0 aliphatic carbocycles. The lowest BCUT2D eigenvalue weighted by Gasteiger charge is -2.13. The summed E-state index contributed by atoms with van der Waals surface area (Å²) in [6.45, 7) is 0. The van der Waals surface area contributed by atoms with Gasteiger partial charge in [0.2, 0.25) is 0 Å². The van der Waals surface area contributed by atoms with Gasteiger partial charge in [0, 0.05) is 23.9 Å². The molecule has 0 heterocycles. The average Bonchev–Trinajstić information content (AvgIpc) is 2.86. The Kier molecular flexibility index (Phi) is 6.49. The van der Waals surface area contributed by atoms with E-state index in [9.17, 15) is 0 Å². The minimum absolute atomic E-state index is 0.603. The number of hydrogen-bond donors (Lipinski definition) is 1. The Labute approximate surface area is 203 Å². The first-order valence-corrected chi connectivity index (χ1v) is 11.1. The van der Waals surface area contributed by atoms with Crippen molar-refractivity contribution in [1.82, 2.24) is 0 Å². The molecule has 0 amide bonds. The van der Waals surface area contributed by atoms with Crippen molar-refractivity contribution in [2.45, 2.75) is 0 Å². The first kappa shape index (κ1) is 21.9. The molecule has 0 aliphatic heterocycles. The predicted molar refractivity (Wildman–Crippen MR) is 137 cm³/mol. The summed E-state index contributed by atoms with van der Waals surface area (Å²) in [7, 11) is 0. The van der Waals surface area contributed by atoms with Crippen LogP contribution in [-0.2, 0) is 0 Å². The van der Waals surface area contributed by atoms with Gasteiger partial charge in [-0.1, -0.05) is 48.5 Å². The van der Waals surface area contributed by atoms with Crippen LogP contribution in [0.2, 0.25) is 0 Å². The maximum atomic E-state index is 6.13. The maximum absolute atomic E-state index is 6.13. The normalized spacial score (nSPS) is 10.4. The van der Waals surface area contributed by atoms with Crippen molar-refractivity contribution in [1.29, 1.82) is 0 Å². The van der Waals surface area contributed by atoms with Gasteiger partial charge in [0.15, 0.2) is 11.5 Å². The van der Waals surface area contributed by atoms with Crippen molar-refractivity contribution in [2.75, 3.05) is 5.73 Å². The van der Waals surface area contributed by atoms with E-state index in [1.54, 1.807) is 6.07 Å². The number of ether oxygens (including phenoxy) is 4.